The number of hydrogen-bond donors (Lipinski definition) is 1. The molecule has 0 aromatic heterocycles. The molecule has 1 N–H and O–H groups in total. The van der Waals surface area contributed by atoms with Crippen molar-refractivity contribution in [2.75, 3.05) is 39.5 Å². The van der Waals surface area contributed by atoms with E-state index in [2.05, 4.69) is 20.8 Å². The summed E-state index contributed by atoms with van der Waals surface area (Å²) in [5.41, 5.74) is 0. The van der Waals surface area contributed by atoms with Crippen LogP contribution in [-0.2, 0) is 4.74 Å². The molecule has 1 saturated heterocycles. The molecule has 1 aromatic rings. The second-order valence-electron chi connectivity index (χ2n) is 4.28. The molecular weight excluding hydrogens is 298 g/mol. The van der Waals surface area contributed by atoms with Gasteiger partial charge in [-0.2, -0.15) is 0 Å². The van der Waals surface area contributed by atoms with Gasteiger partial charge in [-0.3, -0.25) is 4.90 Å². The molecule has 2 rings (SSSR count). The zero-order valence-corrected chi connectivity index (χ0v) is 11.8. The number of aliphatic hydroxyl groups is 1. The van der Waals surface area contributed by atoms with Gasteiger partial charge in [-0.15, -0.1) is 0 Å². The summed E-state index contributed by atoms with van der Waals surface area (Å²) >= 11 is 3.39. The normalized spacial score (nSPS) is 20.9. The first-order chi connectivity index (χ1) is 8.78. The zero-order chi connectivity index (χ0) is 12.8. The van der Waals surface area contributed by atoms with Crippen molar-refractivity contribution in [3.63, 3.8) is 0 Å². The van der Waals surface area contributed by atoms with Gasteiger partial charge >= 0.3 is 0 Å². The van der Waals surface area contributed by atoms with E-state index in [-0.39, 0.29) is 12.7 Å². The average molecular weight is 316 g/mol. The number of ether oxygens (including phenoxy) is 2. The lowest BCUT2D eigenvalue weighted by molar-refractivity contribution is -0.0547. The van der Waals surface area contributed by atoms with Crippen LogP contribution in [0, 0.1) is 0 Å². The predicted octanol–water partition coefficient (Wildman–Crippen LogP) is 1.52. The number of aliphatic hydroxyl groups excluding tert-OH is 1. The Morgan fingerprint density at radius 1 is 1.39 bits per heavy atom. The van der Waals surface area contributed by atoms with Gasteiger partial charge in [-0.25, -0.2) is 0 Å². The summed E-state index contributed by atoms with van der Waals surface area (Å²) < 4.78 is 12.1. The maximum absolute atomic E-state index is 9.05. The van der Waals surface area contributed by atoms with Gasteiger partial charge in [-0.1, -0.05) is 15.9 Å². The third-order valence-electron chi connectivity index (χ3n) is 2.92. The predicted molar refractivity (Wildman–Crippen MR) is 72.9 cm³/mol. The summed E-state index contributed by atoms with van der Waals surface area (Å²) in [4.78, 5) is 2.25. The van der Waals surface area contributed by atoms with E-state index in [9.17, 15) is 0 Å². The summed E-state index contributed by atoms with van der Waals surface area (Å²) in [5.74, 6) is 0.880. The molecule has 18 heavy (non-hydrogen) atoms. The minimum atomic E-state index is -0.0496. The first-order valence-corrected chi connectivity index (χ1v) is 6.90. The second kappa shape index (κ2) is 7.09. The van der Waals surface area contributed by atoms with Crippen LogP contribution < -0.4 is 4.74 Å². The molecule has 4 nitrogen and oxygen atoms in total. The fraction of sp³-hybridized carbons (Fsp3) is 0.538. The molecule has 0 saturated carbocycles. The molecule has 1 aromatic carbocycles. The van der Waals surface area contributed by atoms with Crippen LogP contribution in [0.2, 0.25) is 0 Å². The lowest BCUT2D eigenvalue weighted by Gasteiger charge is -2.31. The quantitative estimate of drug-likeness (QED) is 0.894. The lowest BCUT2D eigenvalue weighted by Crippen LogP contribution is -2.45. The third-order valence-corrected chi connectivity index (χ3v) is 3.45. The van der Waals surface area contributed by atoms with Crippen LogP contribution in [0.4, 0.5) is 0 Å². The summed E-state index contributed by atoms with van der Waals surface area (Å²) in [7, 11) is 0. The van der Waals surface area contributed by atoms with Crippen LogP contribution in [0.3, 0.4) is 0 Å². The Balaban J connectivity index is 1.70. The summed E-state index contributed by atoms with van der Waals surface area (Å²) in [6, 6.07) is 7.82. The molecule has 0 bridgehead atoms. The van der Waals surface area contributed by atoms with E-state index >= 15 is 0 Å². The molecular formula is C13H18BrNO3. The van der Waals surface area contributed by atoms with Gasteiger partial charge in [0.2, 0.25) is 0 Å². The molecule has 100 valence electrons. The monoisotopic (exact) mass is 315 g/mol. The van der Waals surface area contributed by atoms with E-state index in [4.69, 9.17) is 14.6 Å². The van der Waals surface area contributed by atoms with Crippen LogP contribution in [-0.4, -0.2) is 55.6 Å². The summed E-state index contributed by atoms with van der Waals surface area (Å²) in [6.45, 7) is 3.96. The van der Waals surface area contributed by atoms with Gasteiger partial charge in [0.05, 0.1) is 19.3 Å². The van der Waals surface area contributed by atoms with Crippen LogP contribution in [0.5, 0.6) is 5.75 Å². The highest BCUT2D eigenvalue weighted by Gasteiger charge is 2.19. The number of nitrogens with zero attached hydrogens (tertiary/aromatic N) is 1. The number of benzene rings is 1. The fourth-order valence-corrected chi connectivity index (χ4v) is 2.18. The summed E-state index contributed by atoms with van der Waals surface area (Å²) in [5, 5.41) is 9.05. The van der Waals surface area contributed by atoms with Crippen molar-refractivity contribution >= 4 is 15.9 Å². The van der Waals surface area contributed by atoms with Gasteiger partial charge in [0, 0.05) is 24.1 Å². The Morgan fingerprint density at radius 3 is 2.89 bits per heavy atom. The van der Waals surface area contributed by atoms with Crippen LogP contribution in [0.15, 0.2) is 28.7 Å². The number of morpholine rings is 1. The molecule has 0 spiro atoms. The SMILES string of the molecule is OCC1CN(CCOc2ccc(Br)cc2)CCO1. The first-order valence-electron chi connectivity index (χ1n) is 6.11. The Bertz CT molecular complexity index is 358. The van der Waals surface area contributed by atoms with E-state index in [0.717, 1.165) is 29.9 Å². The number of halogens is 1. The van der Waals surface area contributed by atoms with Crippen LogP contribution >= 0.6 is 15.9 Å². The topological polar surface area (TPSA) is 41.9 Å². The Hall–Kier alpha value is -0.620. The molecule has 1 unspecified atom stereocenters. The van der Waals surface area contributed by atoms with Gasteiger partial charge < -0.3 is 14.6 Å². The molecule has 1 aliphatic heterocycles. The number of rotatable bonds is 5. The molecule has 5 heteroatoms. The van der Waals surface area contributed by atoms with Gasteiger partial charge in [0.1, 0.15) is 12.4 Å². The van der Waals surface area contributed by atoms with E-state index in [0.29, 0.717) is 13.2 Å². The van der Waals surface area contributed by atoms with Gasteiger partial charge in [0.15, 0.2) is 0 Å². The molecule has 1 fully saturated rings. The van der Waals surface area contributed by atoms with Gasteiger partial charge in [-0.05, 0) is 24.3 Å². The maximum atomic E-state index is 9.05. The van der Waals surface area contributed by atoms with Crippen molar-refractivity contribution in [1.82, 2.24) is 4.90 Å². The standard InChI is InChI=1S/C13H18BrNO3/c14-11-1-3-12(4-2-11)17-7-5-15-6-8-18-13(9-15)10-16/h1-4,13,16H,5-10H2. The smallest absolute Gasteiger partial charge is 0.119 e. The van der Waals surface area contributed by atoms with Gasteiger partial charge in [0.25, 0.3) is 0 Å². The highest BCUT2D eigenvalue weighted by atomic mass is 79.9. The molecule has 1 aliphatic rings. The van der Waals surface area contributed by atoms with Crippen LogP contribution in [0.1, 0.15) is 0 Å². The molecule has 0 aliphatic carbocycles. The van der Waals surface area contributed by atoms with Crippen LogP contribution in [0.25, 0.3) is 0 Å². The third kappa shape index (κ3) is 4.24. The minimum absolute atomic E-state index is 0.0496. The van der Waals surface area contributed by atoms with Crippen molar-refractivity contribution in [1.29, 1.82) is 0 Å². The largest absolute Gasteiger partial charge is 0.492 e. The maximum Gasteiger partial charge on any atom is 0.119 e. The van der Waals surface area contributed by atoms with Crippen molar-refractivity contribution < 1.29 is 14.6 Å². The molecule has 0 radical (unpaired) electrons. The highest BCUT2D eigenvalue weighted by Crippen LogP contribution is 2.16. The average Bonchev–Trinajstić information content (AvgIpc) is 2.41. The minimum Gasteiger partial charge on any atom is -0.492 e. The second-order valence-corrected chi connectivity index (χ2v) is 5.19. The highest BCUT2D eigenvalue weighted by molar-refractivity contribution is 9.10. The van der Waals surface area contributed by atoms with E-state index < -0.39 is 0 Å². The summed E-state index contributed by atoms with van der Waals surface area (Å²) in [6.07, 6.45) is -0.0496. The van der Waals surface area contributed by atoms with E-state index in [1.807, 2.05) is 24.3 Å². The van der Waals surface area contributed by atoms with E-state index in [1.165, 1.54) is 0 Å². The van der Waals surface area contributed by atoms with Crippen molar-refractivity contribution in [2.24, 2.45) is 0 Å². The lowest BCUT2D eigenvalue weighted by atomic mass is 10.3. The first kappa shape index (κ1) is 13.8. The van der Waals surface area contributed by atoms with E-state index in [1.54, 1.807) is 0 Å². The number of hydrogen-bond acceptors (Lipinski definition) is 4. The van der Waals surface area contributed by atoms with Crippen molar-refractivity contribution in [3.05, 3.63) is 28.7 Å². The zero-order valence-electron chi connectivity index (χ0n) is 10.2. The van der Waals surface area contributed by atoms with Crippen molar-refractivity contribution in [3.8, 4) is 5.75 Å². The fourth-order valence-electron chi connectivity index (χ4n) is 1.92. The Labute approximate surface area is 116 Å². The Kier molecular flexibility index (Phi) is 5.44. The van der Waals surface area contributed by atoms with Crippen molar-refractivity contribution in [2.45, 2.75) is 6.10 Å². The Morgan fingerprint density at radius 2 is 2.17 bits per heavy atom. The molecule has 1 atom stereocenters. The molecule has 1 heterocycles. The molecule has 0 amide bonds.